The number of fused-ring (bicyclic) bond motifs is 1. The number of furan rings is 1. The Hall–Kier alpha value is -3.54. The number of carbonyl (C=O) groups excluding carboxylic acids is 2. The van der Waals surface area contributed by atoms with E-state index >= 15 is 0 Å². The molecule has 2 aliphatic rings. The lowest BCUT2D eigenvalue weighted by Crippen LogP contribution is -2.44. The summed E-state index contributed by atoms with van der Waals surface area (Å²) >= 11 is 0. The molecular weight excluding hydrogens is 380 g/mol. The predicted octanol–water partition coefficient (Wildman–Crippen LogP) is 4.85. The number of amides is 1. The van der Waals surface area contributed by atoms with Gasteiger partial charge in [-0.3, -0.25) is 4.79 Å². The number of nitrogens with one attached hydrogen (secondary N) is 1. The predicted molar refractivity (Wildman–Crippen MR) is 112 cm³/mol. The molecule has 1 aliphatic carbocycles. The van der Waals surface area contributed by atoms with Crippen LogP contribution in [0.2, 0.25) is 0 Å². The normalized spacial score (nSPS) is 18.0. The monoisotopic (exact) mass is 402 g/mol. The van der Waals surface area contributed by atoms with Gasteiger partial charge >= 0.3 is 5.97 Å². The number of ether oxygens (including phenoxy) is 1. The quantitative estimate of drug-likeness (QED) is 0.618. The first kappa shape index (κ1) is 18.5. The van der Waals surface area contributed by atoms with E-state index < -0.39 is 0 Å². The Morgan fingerprint density at radius 3 is 2.60 bits per heavy atom. The summed E-state index contributed by atoms with van der Waals surface area (Å²) in [6, 6.07) is 18.7. The molecular formula is C24H22N2O4. The summed E-state index contributed by atoms with van der Waals surface area (Å²) in [5.41, 5.74) is 2.88. The minimum Gasteiger partial charge on any atom is -0.462 e. The zero-order chi connectivity index (χ0) is 20.7. The zero-order valence-electron chi connectivity index (χ0n) is 16.6. The van der Waals surface area contributed by atoms with Crippen LogP contribution < -0.4 is 5.32 Å². The second-order valence-electron chi connectivity index (χ2n) is 7.54. The molecule has 0 unspecified atom stereocenters. The molecule has 2 aromatic carbocycles. The minimum absolute atomic E-state index is 0.0357. The number of nitrogens with zero attached hydrogens (tertiary/aromatic N) is 1. The highest BCUT2D eigenvalue weighted by atomic mass is 16.5. The Balaban J connectivity index is 1.43. The van der Waals surface area contributed by atoms with Crippen molar-refractivity contribution in [2.24, 2.45) is 0 Å². The summed E-state index contributed by atoms with van der Waals surface area (Å²) < 4.78 is 11.2. The van der Waals surface area contributed by atoms with Crippen molar-refractivity contribution in [3.05, 3.63) is 77.6 Å². The van der Waals surface area contributed by atoms with Gasteiger partial charge in [-0.15, -0.1) is 0 Å². The molecule has 152 valence electrons. The van der Waals surface area contributed by atoms with Gasteiger partial charge in [0.2, 0.25) is 0 Å². The first-order valence-electron chi connectivity index (χ1n) is 10.2. The summed E-state index contributed by atoms with van der Waals surface area (Å²) in [5.74, 6) is 1.07. The number of hydrogen-bond acceptors (Lipinski definition) is 5. The number of esters is 1. The van der Waals surface area contributed by atoms with Gasteiger partial charge in [-0.25, -0.2) is 4.79 Å². The fourth-order valence-corrected chi connectivity index (χ4v) is 3.85. The van der Waals surface area contributed by atoms with Crippen molar-refractivity contribution in [3.63, 3.8) is 0 Å². The Labute approximate surface area is 174 Å². The maximum atomic E-state index is 13.1. The van der Waals surface area contributed by atoms with E-state index in [-0.39, 0.29) is 24.1 Å². The van der Waals surface area contributed by atoms with Crippen LogP contribution in [0.3, 0.4) is 0 Å². The maximum Gasteiger partial charge on any atom is 0.338 e. The van der Waals surface area contributed by atoms with Gasteiger partial charge in [0.15, 0.2) is 6.17 Å². The number of benzene rings is 2. The fraction of sp³-hybridized carbons (Fsp3) is 0.250. The Kier molecular flexibility index (Phi) is 4.54. The van der Waals surface area contributed by atoms with Crippen LogP contribution in [0.4, 0.5) is 5.69 Å². The van der Waals surface area contributed by atoms with Crippen molar-refractivity contribution in [2.45, 2.75) is 32.0 Å². The number of carbonyl (C=O) groups is 2. The average Bonchev–Trinajstić information content (AvgIpc) is 3.49. The van der Waals surface area contributed by atoms with E-state index in [4.69, 9.17) is 9.15 Å². The Morgan fingerprint density at radius 1 is 1.10 bits per heavy atom. The number of rotatable bonds is 5. The van der Waals surface area contributed by atoms with Gasteiger partial charge in [0.25, 0.3) is 5.91 Å². The molecule has 30 heavy (non-hydrogen) atoms. The molecule has 1 fully saturated rings. The van der Waals surface area contributed by atoms with Gasteiger partial charge in [0.05, 0.1) is 17.7 Å². The highest BCUT2D eigenvalue weighted by Crippen LogP contribution is 2.41. The van der Waals surface area contributed by atoms with E-state index in [9.17, 15) is 9.59 Å². The molecule has 1 saturated carbocycles. The lowest BCUT2D eigenvalue weighted by atomic mass is 10.1. The maximum absolute atomic E-state index is 13.1. The van der Waals surface area contributed by atoms with Crippen molar-refractivity contribution in [2.75, 3.05) is 11.9 Å². The highest BCUT2D eigenvalue weighted by molar-refractivity contribution is 6.02. The minimum atomic E-state index is -0.340. The molecule has 2 heterocycles. The number of hydrogen-bond donors (Lipinski definition) is 1. The van der Waals surface area contributed by atoms with Crippen molar-refractivity contribution < 1.29 is 18.7 Å². The lowest BCUT2D eigenvalue weighted by molar-refractivity contribution is 0.0526. The Bertz CT molecular complexity index is 1100. The third-order valence-electron chi connectivity index (χ3n) is 5.48. The van der Waals surface area contributed by atoms with Crippen LogP contribution in [0.25, 0.3) is 11.3 Å². The van der Waals surface area contributed by atoms with Crippen molar-refractivity contribution in [3.8, 4) is 11.3 Å². The third kappa shape index (κ3) is 3.24. The standard InChI is InChI=1S/C24H22N2O4/c1-2-29-24(28)16-9-7-15(8-10-16)20-13-14-21(30-20)22-25-19-6-4-3-5-18(19)23(27)26(22)17-11-12-17/h3-10,13-14,17,22,25H,2,11-12H2,1H3/t22-/m0/s1. The van der Waals surface area contributed by atoms with Gasteiger partial charge in [0.1, 0.15) is 11.5 Å². The van der Waals surface area contributed by atoms with Crippen molar-refractivity contribution in [1.29, 1.82) is 0 Å². The topological polar surface area (TPSA) is 71.8 Å². The Morgan fingerprint density at radius 2 is 1.87 bits per heavy atom. The smallest absolute Gasteiger partial charge is 0.338 e. The van der Waals surface area contributed by atoms with E-state index in [1.165, 1.54) is 0 Å². The summed E-state index contributed by atoms with van der Waals surface area (Å²) in [5, 5.41) is 3.47. The van der Waals surface area contributed by atoms with Crippen LogP contribution in [0.15, 0.2) is 65.1 Å². The summed E-state index contributed by atoms with van der Waals surface area (Å²) in [7, 11) is 0. The fourth-order valence-electron chi connectivity index (χ4n) is 3.85. The largest absolute Gasteiger partial charge is 0.462 e. The molecule has 6 heteroatoms. The molecule has 5 rings (SSSR count). The molecule has 3 aromatic rings. The van der Waals surface area contributed by atoms with Crippen LogP contribution in [-0.2, 0) is 4.74 Å². The van der Waals surface area contributed by atoms with E-state index in [1.54, 1.807) is 19.1 Å². The van der Waals surface area contributed by atoms with Gasteiger partial charge in [-0.05, 0) is 56.2 Å². The second kappa shape index (κ2) is 7.37. The van der Waals surface area contributed by atoms with Gasteiger partial charge in [-0.2, -0.15) is 0 Å². The first-order valence-corrected chi connectivity index (χ1v) is 10.2. The number of para-hydroxylation sites is 1. The molecule has 1 aromatic heterocycles. The van der Waals surface area contributed by atoms with Crippen LogP contribution in [0.1, 0.15) is 52.4 Å². The lowest BCUT2D eigenvalue weighted by Gasteiger charge is -2.37. The van der Waals surface area contributed by atoms with E-state index in [1.807, 2.05) is 53.4 Å². The molecule has 0 spiro atoms. The van der Waals surface area contributed by atoms with Crippen LogP contribution in [0.5, 0.6) is 0 Å². The third-order valence-corrected chi connectivity index (χ3v) is 5.48. The summed E-state index contributed by atoms with van der Waals surface area (Å²) in [6.07, 6.45) is 1.68. The van der Waals surface area contributed by atoms with Crippen LogP contribution in [0, 0.1) is 0 Å². The van der Waals surface area contributed by atoms with E-state index in [2.05, 4.69) is 5.32 Å². The molecule has 1 N–H and O–H groups in total. The van der Waals surface area contributed by atoms with Crippen molar-refractivity contribution >= 4 is 17.6 Å². The van der Waals surface area contributed by atoms with Gasteiger partial charge in [0, 0.05) is 17.3 Å². The molecule has 6 nitrogen and oxygen atoms in total. The van der Waals surface area contributed by atoms with Crippen molar-refractivity contribution in [1.82, 2.24) is 4.90 Å². The average molecular weight is 402 g/mol. The molecule has 1 amide bonds. The SMILES string of the molecule is CCOC(=O)c1ccc(-c2ccc([C@H]3Nc4ccccc4C(=O)N3C3CC3)o2)cc1. The molecule has 1 aliphatic heterocycles. The highest BCUT2D eigenvalue weighted by Gasteiger charge is 2.43. The first-order chi connectivity index (χ1) is 14.7. The molecule has 0 saturated heterocycles. The van der Waals surface area contributed by atoms with E-state index in [0.717, 1.165) is 24.1 Å². The summed E-state index contributed by atoms with van der Waals surface area (Å²) in [6.45, 7) is 2.12. The number of anilines is 1. The summed E-state index contributed by atoms with van der Waals surface area (Å²) in [4.78, 5) is 26.9. The second-order valence-corrected chi connectivity index (χ2v) is 7.54. The molecule has 0 radical (unpaired) electrons. The van der Waals surface area contributed by atoms with Crippen LogP contribution in [-0.4, -0.2) is 29.4 Å². The zero-order valence-corrected chi connectivity index (χ0v) is 16.6. The van der Waals surface area contributed by atoms with Gasteiger partial charge < -0.3 is 19.4 Å². The van der Waals surface area contributed by atoms with Crippen LogP contribution >= 0.6 is 0 Å². The molecule has 0 bridgehead atoms. The van der Waals surface area contributed by atoms with E-state index in [0.29, 0.717) is 29.3 Å². The molecule has 1 atom stereocenters. The van der Waals surface area contributed by atoms with Gasteiger partial charge in [-0.1, -0.05) is 24.3 Å².